The molecule has 8 heteroatoms. The normalized spacial score (nSPS) is 14.1. The van der Waals surface area contributed by atoms with Gasteiger partial charge < -0.3 is 4.52 Å². The number of non-ortho nitro benzene ring substituents is 1. The number of aryl methyl sites for hydroxylation is 1. The van der Waals surface area contributed by atoms with E-state index in [-0.39, 0.29) is 5.69 Å². The summed E-state index contributed by atoms with van der Waals surface area (Å²) >= 11 is 0.964. The molecule has 0 spiro atoms. The summed E-state index contributed by atoms with van der Waals surface area (Å²) in [6, 6.07) is 4.06. The van der Waals surface area contributed by atoms with Crippen molar-refractivity contribution >= 4 is 23.9 Å². The molecule has 0 saturated carbocycles. The van der Waals surface area contributed by atoms with Crippen LogP contribution in [0.15, 0.2) is 18.2 Å². The summed E-state index contributed by atoms with van der Waals surface area (Å²) in [6.45, 7) is -1.58. The Hall–Kier alpha value is -1.04. The van der Waals surface area contributed by atoms with Gasteiger partial charge in [0.15, 0.2) is 0 Å². The Bertz CT molecular complexity index is 470. The van der Waals surface area contributed by atoms with E-state index in [9.17, 15) is 14.7 Å². The first-order chi connectivity index (χ1) is 7.91. The summed E-state index contributed by atoms with van der Waals surface area (Å²) in [7, 11) is 1.29. The molecule has 1 atom stereocenters. The molecule has 1 aromatic carbocycles. The van der Waals surface area contributed by atoms with E-state index >= 15 is 0 Å². The fourth-order valence-electron chi connectivity index (χ4n) is 1.12. The fourth-order valence-corrected chi connectivity index (χ4v) is 2.77. The van der Waals surface area contributed by atoms with E-state index in [1.165, 1.54) is 25.3 Å². The summed E-state index contributed by atoms with van der Waals surface area (Å²) in [5.74, 6) is 0.315. The number of nitrogens with zero attached hydrogens (tertiary/aromatic N) is 1. The highest BCUT2D eigenvalue weighted by atomic mass is 32.7. The molecular weight excluding hydrogens is 265 g/mol. The number of benzene rings is 1. The van der Waals surface area contributed by atoms with Crippen molar-refractivity contribution in [2.24, 2.45) is 0 Å². The SMILES string of the molecule is COP(=O)(Oc1ccc([N+](=O)[O-])cc1C)SC. The topological polar surface area (TPSA) is 78.7 Å². The van der Waals surface area contributed by atoms with Crippen LogP contribution in [-0.4, -0.2) is 18.3 Å². The molecule has 0 aliphatic carbocycles. The van der Waals surface area contributed by atoms with E-state index in [2.05, 4.69) is 0 Å². The molecule has 0 bridgehead atoms. The van der Waals surface area contributed by atoms with Gasteiger partial charge in [-0.2, -0.15) is 0 Å². The van der Waals surface area contributed by atoms with Crippen LogP contribution in [0.3, 0.4) is 0 Å². The zero-order chi connectivity index (χ0) is 13.1. The average molecular weight is 277 g/mol. The van der Waals surface area contributed by atoms with Gasteiger partial charge in [0.25, 0.3) is 5.69 Å². The van der Waals surface area contributed by atoms with Crippen LogP contribution in [0.2, 0.25) is 0 Å². The van der Waals surface area contributed by atoms with Crippen molar-refractivity contribution in [3.05, 3.63) is 33.9 Å². The number of hydrogen-bond acceptors (Lipinski definition) is 6. The number of nitro benzene ring substituents is 1. The molecule has 1 rings (SSSR count). The molecule has 0 radical (unpaired) electrons. The smallest absolute Gasteiger partial charge is 0.417 e. The van der Waals surface area contributed by atoms with Crippen molar-refractivity contribution in [2.45, 2.75) is 6.92 Å². The predicted octanol–water partition coefficient (Wildman–Crippen LogP) is 3.40. The molecule has 0 amide bonds. The predicted molar refractivity (Wildman–Crippen MR) is 66.6 cm³/mol. The molecule has 0 aliphatic rings. The van der Waals surface area contributed by atoms with Crippen molar-refractivity contribution < 1.29 is 18.5 Å². The Morgan fingerprint density at radius 3 is 2.53 bits per heavy atom. The van der Waals surface area contributed by atoms with Crippen LogP contribution >= 0.6 is 18.2 Å². The van der Waals surface area contributed by atoms with Crippen LogP contribution in [0.25, 0.3) is 0 Å². The number of nitro groups is 1. The van der Waals surface area contributed by atoms with Crippen molar-refractivity contribution in [1.82, 2.24) is 0 Å². The van der Waals surface area contributed by atoms with E-state index in [0.717, 1.165) is 11.4 Å². The lowest BCUT2D eigenvalue weighted by Gasteiger charge is -2.15. The third-order valence-corrected chi connectivity index (χ3v) is 5.35. The first-order valence-corrected chi connectivity index (χ1v) is 7.95. The van der Waals surface area contributed by atoms with Gasteiger partial charge in [0.2, 0.25) is 0 Å². The van der Waals surface area contributed by atoms with Crippen LogP contribution in [0.4, 0.5) is 5.69 Å². The number of hydrogen-bond donors (Lipinski definition) is 0. The first kappa shape index (κ1) is 14.0. The van der Waals surface area contributed by atoms with Crippen LogP contribution in [0, 0.1) is 17.0 Å². The summed E-state index contributed by atoms with van der Waals surface area (Å²) in [5, 5.41) is 10.5. The lowest BCUT2D eigenvalue weighted by molar-refractivity contribution is -0.384. The Balaban J connectivity index is 3.01. The molecule has 0 saturated heterocycles. The summed E-state index contributed by atoms with van der Waals surface area (Å²) in [6.07, 6.45) is 1.60. The van der Waals surface area contributed by atoms with E-state index < -0.39 is 11.7 Å². The lowest BCUT2D eigenvalue weighted by Crippen LogP contribution is -1.95. The minimum atomic E-state index is -3.22. The monoisotopic (exact) mass is 277 g/mol. The van der Waals surface area contributed by atoms with Gasteiger partial charge in [-0.05, 0) is 36.2 Å². The highest BCUT2D eigenvalue weighted by Crippen LogP contribution is 2.58. The van der Waals surface area contributed by atoms with Gasteiger partial charge in [-0.15, -0.1) is 0 Å². The van der Waals surface area contributed by atoms with Crippen LogP contribution < -0.4 is 4.52 Å². The largest absolute Gasteiger partial charge is 0.439 e. The molecule has 17 heavy (non-hydrogen) atoms. The Morgan fingerprint density at radius 2 is 2.12 bits per heavy atom. The molecular formula is C9H12NO5PS. The second kappa shape index (κ2) is 5.53. The fraction of sp³-hybridized carbons (Fsp3) is 0.333. The lowest BCUT2D eigenvalue weighted by atomic mass is 10.2. The maximum atomic E-state index is 11.9. The third-order valence-electron chi connectivity index (χ3n) is 2.03. The van der Waals surface area contributed by atoms with Crippen molar-refractivity contribution in [3.8, 4) is 5.75 Å². The standard InChI is InChI=1S/C9H12NO5PS/c1-7-6-8(10(11)12)4-5-9(7)15-16(13,14-2)17-3/h4-6H,1-3H3. The van der Waals surface area contributed by atoms with Gasteiger partial charge in [0.1, 0.15) is 5.75 Å². The molecule has 0 fully saturated rings. The molecule has 6 nitrogen and oxygen atoms in total. The van der Waals surface area contributed by atoms with Gasteiger partial charge in [-0.3, -0.25) is 14.6 Å². The molecule has 0 heterocycles. The second-order valence-electron chi connectivity index (χ2n) is 3.11. The van der Waals surface area contributed by atoms with Gasteiger partial charge in [0.05, 0.1) is 4.92 Å². The summed E-state index contributed by atoms with van der Waals surface area (Å²) in [5.41, 5.74) is 0.497. The Labute approximate surface area is 103 Å². The van der Waals surface area contributed by atoms with Gasteiger partial charge in [-0.1, -0.05) is 0 Å². The molecule has 0 aliphatic heterocycles. The van der Waals surface area contributed by atoms with Crippen molar-refractivity contribution in [2.75, 3.05) is 13.4 Å². The minimum absolute atomic E-state index is 0.0359. The molecule has 0 N–H and O–H groups in total. The van der Waals surface area contributed by atoms with E-state index in [0.29, 0.717) is 11.3 Å². The Kier molecular flexibility index (Phi) is 4.56. The minimum Gasteiger partial charge on any atom is -0.417 e. The molecule has 0 aromatic heterocycles. The zero-order valence-electron chi connectivity index (χ0n) is 9.58. The summed E-state index contributed by atoms with van der Waals surface area (Å²) < 4.78 is 21.9. The Morgan fingerprint density at radius 1 is 1.47 bits per heavy atom. The molecule has 94 valence electrons. The highest BCUT2D eigenvalue weighted by molar-refractivity contribution is 8.54. The van der Waals surface area contributed by atoms with E-state index in [4.69, 9.17) is 9.05 Å². The van der Waals surface area contributed by atoms with Crippen LogP contribution in [-0.2, 0) is 9.09 Å². The van der Waals surface area contributed by atoms with E-state index in [1.807, 2.05) is 0 Å². The third kappa shape index (κ3) is 3.46. The van der Waals surface area contributed by atoms with Gasteiger partial charge in [-0.25, -0.2) is 4.57 Å². The summed E-state index contributed by atoms with van der Waals surface area (Å²) in [4.78, 5) is 10.0. The van der Waals surface area contributed by atoms with Gasteiger partial charge in [0, 0.05) is 19.2 Å². The molecule has 1 unspecified atom stereocenters. The quantitative estimate of drug-likeness (QED) is 0.466. The maximum Gasteiger partial charge on any atom is 0.439 e. The second-order valence-corrected chi connectivity index (χ2v) is 7.35. The first-order valence-electron chi connectivity index (χ1n) is 4.58. The van der Waals surface area contributed by atoms with Crippen molar-refractivity contribution in [3.63, 3.8) is 0 Å². The van der Waals surface area contributed by atoms with Crippen LogP contribution in [0.1, 0.15) is 5.56 Å². The average Bonchev–Trinajstić information content (AvgIpc) is 2.31. The highest BCUT2D eigenvalue weighted by Gasteiger charge is 2.24. The van der Waals surface area contributed by atoms with E-state index in [1.54, 1.807) is 13.2 Å². The maximum absolute atomic E-state index is 11.9. The van der Waals surface area contributed by atoms with Crippen molar-refractivity contribution in [1.29, 1.82) is 0 Å². The number of rotatable bonds is 5. The zero-order valence-corrected chi connectivity index (χ0v) is 11.3. The molecule has 1 aromatic rings. The van der Waals surface area contributed by atoms with Gasteiger partial charge >= 0.3 is 6.80 Å². The van der Waals surface area contributed by atoms with Crippen LogP contribution in [0.5, 0.6) is 5.75 Å².